The Morgan fingerprint density at radius 3 is 2.40 bits per heavy atom. The summed E-state index contributed by atoms with van der Waals surface area (Å²) in [6.07, 6.45) is 0.686. The van der Waals surface area contributed by atoms with Crippen molar-refractivity contribution >= 4 is 21.7 Å². The first-order chi connectivity index (χ1) is 11.9. The van der Waals surface area contributed by atoms with Gasteiger partial charge in [-0.15, -0.1) is 0 Å². The minimum Gasteiger partial charge on any atom is -0.478 e. The van der Waals surface area contributed by atoms with E-state index in [9.17, 15) is 13.2 Å². The zero-order chi connectivity index (χ0) is 18.3. The Balaban J connectivity index is 2.22. The van der Waals surface area contributed by atoms with Crippen LogP contribution in [0.3, 0.4) is 0 Å². The number of sulfonamides is 1. The number of carbonyl (C=O) groups is 1. The number of nitrogens with one attached hydrogen (secondary N) is 2. The largest absolute Gasteiger partial charge is 0.478 e. The summed E-state index contributed by atoms with van der Waals surface area (Å²) in [7, 11) is -3.94. The van der Waals surface area contributed by atoms with E-state index in [0.717, 1.165) is 11.6 Å². The van der Waals surface area contributed by atoms with E-state index in [2.05, 4.69) is 10.0 Å². The maximum absolute atomic E-state index is 12.4. The lowest BCUT2D eigenvalue weighted by Crippen LogP contribution is -2.27. The van der Waals surface area contributed by atoms with Crippen molar-refractivity contribution in [3.05, 3.63) is 59.7 Å². The van der Waals surface area contributed by atoms with Crippen LogP contribution in [0.1, 0.15) is 15.9 Å². The van der Waals surface area contributed by atoms with Gasteiger partial charge in [0.15, 0.2) is 0 Å². The highest BCUT2D eigenvalue weighted by Gasteiger charge is 2.20. The molecule has 7 nitrogen and oxygen atoms in total. The van der Waals surface area contributed by atoms with Crippen molar-refractivity contribution in [3.63, 3.8) is 0 Å². The molecule has 0 unspecified atom stereocenters. The fourth-order valence-corrected chi connectivity index (χ4v) is 3.50. The van der Waals surface area contributed by atoms with E-state index in [4.69, 9.17) is 10.2 Å². The summed E-state index contributed by atoms with van der Waals surface area (Å²) in [5.41, 5.74) is 1.28. The third-order valence-electron chi connectivity index (χ3n) is 3.49. The summed E-state index contributed by atoms with van der Waals surface area (Å²) < 4.78 is 27.0. The van der Waals surface area contributed by atoms with E-state index in [-0.39, 0.29) is 23.6 Å². The minimum absolute atomic E-state index is 0.127. The monoisotopic (exact) mass is 364 g/mol. The first-order valence-corrected chi connectivity index (χ1v) is 9.18. The lowest BCUT2D eigenvalue weighted by molar-refractivity contribution is 0.0696. The number of hydrogen-bond acceptors (Lipinski definition) is 5. The van der Waals surface area contributed by atoms with Crippen LogP contribution in [-0.2, 0) is 16.4 Å². The van der Waals surface area contributed by atoms with Crippen molar-refractivity contribution in [1.82, 2.24) is 4.72 Å². The number of benzene rings is 2. The second kappa shape index (κ2) is 8.61. The molecule has 4 N–H and O–H groups in total. The Kier molecular flexibility index (Phi) is 6.51. The maximum atomic E-state index is 12.4. The van der Waals surface area contributed by atoms with Crippen LogP contribution in [0.2, 0.25) is 0 Å². The fourth-order valence-electron chi connectivity index (χ4n) is 2.27. The maximum Gasteiger partial charge on any atom is 0.335 e. The standard InChI is InChI=1S/C17H20N2O5S/c20-11-10-19-25(23,24)16-12-14(17(21)22)6-7-15(16)18-9-8-13-4-2-1-3-5-13/h1-7,12,18-20H,8-11H2,(H,21,22). The van der Waals surface area contributed by atoms with E-state index in [0.29, 0.717) is 18.7 Å². The van der Waals surface area contributed by atoms with Gasteiger partial charge < -0.3 is 15.5 Å². The third-order valence-corrected chi connectivity index (χ3v) is 4.99. The van der Waals surface area contributed by atoms with Gasteiger partial charge in [0.1, 0.15) is 4.90 Å². The Labute approximate surface area is 146 Å². The summed E-state index contributed by atoms with van der Waals surface area (Å²) in [5, 5.41) is 20.9. The second-order valence-electron chi connectivity index (χ2n) is 5.30. The first kappa shape index (κ1) is 18.9. The van der Waals surface area contributed by atoms with Crippen LogP contribution in [0.25, 0.3) is 0 Å². The molecule has 0 spiro atoms. The number of carboxylic acid groups (broad SMARTS) is 1. The van der Waals surface area contributed by atoms with Gasteiger partial charge in [0, 0.05) is 13.1 Å². The smallest absolute Gasteiger partial charge is 0.335 e. The van der Waals surface area contributed by atoms with Crippen LogP contribution in [-0.4, -0.2) is 44.3 Å². The highest BCUT2D eigenvalue weighted by Crippen LogP contribution is 2.23. The SMILES string of the molecule is O=C(O)c1ccc(NCCc2ccccc2)c(S(=O)(=O)NCCO)c1. The summed E-state index contributed by atoms with van der Waals surface area (Å²) in [6, 6.07) is 13.6. The van der Waals surface area contributed by atoms with Gasteiger partial charge >= 0.3 is 5.97 Å². The van der Waals surface area contributed by atoms with E-state index in [1.54, 1.807) is 0 Å². The lowest BCUT2D eigenvalue weighted by atomic mass is 10.1. The number of hydrogen-bond donors (Lipinski definition) is 4. The molecule has 0 atom stereocenters. The fraction of sp³-hybridized carbons (Fsp3) is 0.235. The highest BCUT2D eigenvalue weighted by molar-refractivity contribution is 7.89. The summed E-state index contributed by atoms with van der Waals surface area (Å²) >= 11 is 0. The molecule has 0 saturated heterocycles. The molecule has 0 aromatic heterocycles. The Bertz CT molecular complexity index is 822. The Morgan fingerprint density at radius 2 is 1.76 bits per heavy atom. The topological polar surface area (TPSA) is 116 Å². The summed E-state index contributed by atoms with van der Waals surface area (Å²) in [4.78, 5) is 11.0. The molecule has 0 aliphatic heterocycles. The highest BCUT2D eigenvalue weighted by atomic mass is 32.2. The van der Waals surface area contributed by atoms with Crippen molar-refractivity contribution in [2.75, 3.05) is 25.0 Å². The number of aromatic carboxylic acids is 1. The van der Waals surface area contributed by atoms with Crippen LogP contribution in [0.4, 0.5) is 5.69 Å². The van der Waals surface area contributed by atoms with Gasteiger partial charge in [-0.2, -0.15) is 0 Å². The predicted octanol–water partition coefficient (Wildman–Crippen LogP) is 1.31. The molecule has 2 aromatic carbocycles. The molecule has 2 aromatic rings. The van der Waals surface area contributed by atoms with E-state index in [1.165, 1.54) is 12.1 Å². The van der Waals surface area contributed by atoms with Crippen LogP contribution in [0.15, 0.2) is 53.4 Å². The zero-order valence-corrected chi connectivity index (χ0v) is 14.3. The predicted molar refractivity (Wildman–Crippen MR) is 94.3 cm³/mol. The number of anilines is 1. The molecule has 8 heteroatoms. The molecule has 0 aliphatic carbocycles. The molecule has 25 heavy (non-hydrogen) atoms. The van der Waals surface area contributed by atoms with Gasteiger partial charge in [0.05, 0.1) is 17.9 Å². The molecule has 0 saturated carbocycles. The van der Waals surface area contributed by atoms with Gasteiger partial charge in [-0.3, -0.25) is 0 Å². The van der Waals surface area contributed by atoms with Crippen LogP contribution in [0.5, 0.6) is 0 Å². The average Bonchev–Trinajstić information content (AvgIpc) is 2.61. The van der Waals surface area contributed by atoms with Gasteiger partial charge in [-0.05, 0) is 30.2 Å². The normalized spacial score (nSPS) is 11.2. The summed E-state index contributed by atoms with van der Waals surface area (Å²) in [6.45, 7) is -0.0172. The van der Waals surface area contributed by atoms with Crippen LogP contribution >= 0.6 is 0 Å². The number of carboxylic acids is 1. The van der Waals surface area contributed by atoms with Crippen molar-refractivity contribution < 1.29 is 23.4 Å². The minimum atomic E-state index is -3.94. The van der Waals surface area contributed by atoms with Gasteiger partial charge in [-0.1, -0.05) is 30.3 Å². The molecule has 0 radical (unpaired) electrons. The van der Waals surface area contributed by atoms with Crippen molar-refractivity contribution in [1.29, 1.82) is 0 Å². The van der Waals surface area contributed by atoms with Crippen molar-refractivity contribution in [3.8, 4) is 0 Å². The van der Waals surface area contributed by atoms with Gasteiger partial charge in [0.2, 0.25) is 10.0 Å². The van der Waals surface area contributed by atoms with Gasteiger partial charge in [0.25, 0.3) is 0 Å². The molecule has 0 bridgehead atoms. The Hall–Kier alpha value is -2.42. The quantitative estimate of drug-likeness (QED) is 0.533. The summed E-state index contributed by atoms with van der Waals surface area (Å²) in [5.74, 6) is -1.21. The molecule has 0 heterocycles. The number of aliphatic hydroxyl groups is 1. The average molecular weight is 364 g/mol. The van der Waals surface area contributed by atoms with E-state index in [1.807, 2.05) is 30.3 Å². The van der Waals surface area contributed by atoms with E-state index < -0.39 is 16.0 Å². The first-order valence-electron chi connectivity index (χ1n) is 7.69. The van der Waals surface area contributed by atoms with Gasteiger partial charge in [-0.25, -0.2) is 17.9 Å². The molecule has 0 aliphatic rings. The van der Waals surface area contributed by atoms with Crippen LogP contribution < -0.4 is 10.0 Å². The third kappa shape index (κ3) is 5.28. The number of rotatable bonds is 9. The van der Waals surface area contributed by atoms with Crippen molar-refractivity contribution in [2.45, 2.75) is 11.3 Å². The zero-order valence-electron chi connectivity index (χ0n) is 13.5. The molecule has 134 valence electrons. The molecular formula is C17H20N2O5S. The molecule has 0 fully saturated rings. The number of aliphatic hydroxyl groups excluding tert-OH is 1. The molecule has 0 amide bonds. The second-order valence-corrected chi connectivity index (χ2v) is 7.04. The Morgan fingerprint density at radius 1 is 1.04 bits per heavy atom. The van der Waals surface area contributed by atoms with E-state index >= 15 is 0 Å². The lowest BCUT2D eigenvalue weighted by Gasteiger charge is -2.14. The molecular weight excluding hydrogens is 344 g/mol. The van der Waals surface area contributed by atoms with Crippen LogP contribution in [0, 0.1) is 0 Å². The van der Waals surface area contributed by atoms with Crippen molar-refractivity contribution in [2.24, 2.45) is 0 Å². The molecule has 2 rings (SSSR count).